The largest absolute Gasteiger partial charge is 0.489 e. The van der Waals surface area contributed by atoms with E-state index < -0.39 is 58.2 Å². The molecule has 1 fully saturated rings. The number of anilines is 1. The molecule has 2 aliphatic rings. The number of hydrogen-bond acceptors (Lipinski definition) is 6. The fraction of sp³-hybridized carbons (Fsp3) is 0.333. The van der Waals surface area contributed by atoms with Gasteiger partial charge >= 0.3 is 11.9 Å². The topological polar surface area (TPSA) is 84.7 Å². The SMILES string of the molecule is C=CC(=O)N1C(C=O)CN(c2nc(=O)n3c4c(c(-c5ccc(F)cc5F)c(C(F)(F)F)cc24)OCC3)CC1CC. The van der Waals surface area contributed by atoms with Crippen LogP contribution in [-0.2, 0) is 22.3 Å². The summed E-state index contributed by atoms with van der Waals surface area (Å²) in [5, 5.41) is -0.101. The van der Waals surface area contributed by atoms with Crippen LogP contribution >= 0.6 is 0 Å². The van der Waals surface area contributed by atoms with Crippen molar-refractivity contribution in [2.75, 3.05) is 24.6 Å². The predicted octanol–water partition coefficient (Wildman–Crippen LogP) is 3.93. The van der Waals surface area contributed by atoms with Gasteiger partial charge in [-0.15, -0.1) is 0 Å². The minimum atomic E-state index is -5.01. The van der Waals surface area contributed by atoms with Crippen LogP contribution in [0.2, 0.25) is 0 Å². The van der Waals surface area contributed by atoms with E-state index in [0.717, 1.165) is 28.8 Å². The fourth-order valence-electron chi connectivity index (χ4n) is 5.46. The number of aldehydes is 1. The highest BCUT2D eigenvalue weighted by Crippen LogP contribution is 2.49. The van der Waals surface area contributed by atoms with E-state index in [1.807, 2.05) is 0 Å². The van der Waals surface area contributed by atoms with Gasteiger partial charge in [0.15, 0.2) is 5.75 Å². The number of rotatable bonds is 5. The van der Waals surface area contributed by atoms with E-state index in [-0.39, 0.29) is 48.7 Å². The second-order valence-electron chi connectivity index (χ2n) is 9.48. The molecule has 40 heavy (non-hydrogen) atoms. The van der Waals surface area contributed by atoms with Gasteiger partial charge in [-0.3, -0.25) is 9.36 Å². The van der Waals surface area contributed by atoms with Crippen molar-refractivity contribution >= 4 is 28.9 Å². The Labute approximate surface area is 224 Å². The van der Waals surface area contributed by atoms with Crippen molar-refractivity contribution in [2.45, 2.75) is 38.1 Å². The van der Waals surface area contributed by atoms with Gasteiger partial charge in [0.2, 0.25) is 5.91 Å². The van der Waals surface area contributed by atoms with Gasteiger partial charge in [0.1, 0.15) is 36.4 Å². The van der Waals surface area contributed by atoms with Crippen molar-refractivity contribution in [3.05, 3.63) is 64.6 Å². The Bertz CT molecular complexity index is 1600. The summed E-state index contributed by atoms with van der Waals surface area (Å²) in [5.41, 5.74) is -3.30. The Balaban J connectivity index is 1.80. The number of carbonyl (C=O) groups is 2. The molecule has 1 amide bonds. The first-order chi connectivity index (χ1) is 19.0. The normalized spacial score (nSPS) is 18.9. The van der Waals surface area contributed by atoms with Crippen LogP contribution in [0.5, 0.6) is 5.75 Å². The van der Waals surface area contributed by atoms with Crippen LogP contribution in [0.25, 0.3) is 22.0 Å². The zero-order chi connectivity index (χ0) is 28.9. The van der Waals surface area contributed by atoms with Gasteiger partial charge in [-0.05, 0) is 30.7 Å². The fourth-order valence-corrected chi connectivity index (χ4v) is 5.46. The first kappa shape index (κ1) is 27.3. The summed E-state index contributed by atoms with van der Waals surface area (Å²) >= 11 is 0. The van der Waals surface area contributed by atoms with Crippen LogP contribution in [-0.4, -0.2) is 58.4 Å². The van der Waals surface area contributed by atoms with E-state index >= 15 is 0 Å². The average molecular weight is 562 g/mol. The molecular weight excluding hydrogens is 539 g/mol. The smallest absolute Gasteiger partial charge is 0.417 e. The highest BCUT2D eigenvalue weighted by atomic mass is 19.4. The van der Waals surface area contributed by atoms with Crippen molar-refractivity contribution in [3.8, 4) is 16.9 Å². The minimum absolute atomic E-state index is 0.0253. The summed E-state index contributed by atoms with van der Waals surface area (Å²) in [5.74, 6) is -3.21. The minimum Gasteiger partial charge on any atom is -0.489 e. The molecule has 0 aliphatic carbocycles. The van der Waals surface area contributed by atoms with Crippen LogP contribution in [0.15, 0.2) is 41.7 Å². The summed E-state index contributed by atoms with van der Waals surface area (Å²) < 4.78 is 78.9. The molecule has 1 aromatic heterocycles. The molecule has 210 valence electrons. The van der Waals surface area contributed by atoms with Crippen LogP contribution in [0.4, 0.5) is 27.8 Å². The molecule has 13 heteroatoms. The second kappa shape index (κ2) is 10.0. The maximum Gasteiger partial charge on any atom is 0.417 e. The molecule has 0 N–H and O–H groups in total. The maximum absolute atomic E-state index is 14.9. The average Bonchev–Trinajstić information content (AvgIpc) is 2.93. The molecule has 3 aromatic rings. The van der Waals surface area contributed by atoms with Gasteiger partial charge in [0, 0.05) is 35.7 Å². The number of nitrogens with zero attached hydrogens (tertiary/aromatic N) is 4. The number of hydrogen-bond donors (Lipinski definition) is 0. The van der Waals surface area contributed by atoms with Crippen molar-refractivity contribution in [1.29, 1.82) is 0 Å². The number of carbonyl (C=O) groups excluding carboxylic acids is 2. The van der Waals surface area contributed by atoms with Crippen molar-refractivity contribution < 1.29 is 36.3 Å². The zero-order valence-corrected chi connectivity index (χ0v) is 21.2. The van der Waals surface area contributed by atoms with Crippen molar-refractivity contribution in [1.82, 2.24) is 14.5 Å². The lowest BCUT2D eigenvalue weighted by atomic mass is 9.94. The third kappa shape index (κ3) is 4.38. The first-order valence-electron chi connectivity index (χ1n) is 12.4. The van der Waals surface area contributed by atoms with E-state index in [0.29, 0.717) is 18.8 Å². The molecule has 5 rings (SSSR count). The first-order valence-corrected chi connectivity index (χ1v) is 12.4. The Morgan fingerprint density at radius 2 is 1.98 bits per heavy atom. The Morgan fingerprint density at radius 3 is 2.60 bits per heavy atom. The van der Waals surface area contributed by atoms with E-state index in [9.17, 15) is 36.3 Å². The zero-order valence-electron chi connectivity index (χ0n) is 21.2. The third-order valence-electron chi connectivity index (χ3n) is 7.21. The number of amides is 1. The summed E-state index contributed by atoms with van der Waals surface area (Å²) in [7, 11) is 0. The van der Waals surface area contributed by atoms with Gasteiger partial charge in [-0.1, -0.05) is 13.5 Å². The number of halogens is 5. The Kier molecular flexibility index (Phi) is 6.84. The number of ether oxygens (including phenoxy) is 1. The summed E-state index contributed by atoms with van der Waals surface area (Å²) in [4.78, 5) is 44.6. The molecule has 2 aromatic carbocycles. The Morgan fingerprint density at radius 1 is 1.23 bits per heavy atom. The quantitative estimate of drug-likeness (QED) is 0.266. The molecule has 2 atom stereocenters. The molecule has 2 unspecified atom stereocenters. The molecule has 0 radical (unpaired) electrons. The lowest BCUT2D eigenvalue weighted by molar-refractivity contribution is -0.137. The molecule has 0 bridgehead atoms. The van der Waals surface area contributed by atoms with Crippen molar-refractivity contribution in [3.63, 3.8) is 0 Å². The van der Waals surface area contributed by atoms with E-state index in [4.69, 9.17) is 4.74 Å². The third-order valence-corrected chi connectivity index (χ3v) is 7.21. The molecule has 3 heterocycles. The molecule has 1 saturated heterocycles. The molecule has 2 aliphatic heterocycles. The Hall–Kier alpha value is -4.29. The van der Waals surface area contributed by atoms with E-state index in [1.54, 1.807) is 6.92 Å². The molecule has 0 saturated carbocycles. The van der Waals surface area contributed by atoms with Gasteiger partial charge in [-0.2, -0.15) is 18.2 Å². The summed E-state index contributed by atoms with van der Waals surface area (Å²) in [6, 6.07) is 1.43. The highest BCUT2D eigenvalue weighted by molar-refractivity contribution is 6.01. The number of benzene rings is 2. The van der Waals surface area contributed by atoms with Gasteiger partial charge in [0.25, 0.3) is 0 Å². The molecular formula is C27H23F5N4O4. The van der Waals surface area contributed by atoms with E-state index in [1.165, 1.54) is 9.80 Å². The molecule has 8 nitrogen and oxygen atoms in total. The van der Waals surface area contributed by atoms with Crippen LogP contribution < -0.4 is 15.3 Å². The maximum atomic E-state index is 14.9. The lowest BCUT2D eigenvalue weighted by Crippen LogP contribution is -2.61. The van der Waals surface area contributed by atoms with Crippen molar-refractivity contribution in [2.24, 2.45) is 0 Å². The van der Waals surface area contributed by atoms with Gasteiger partial charge in [-0.25, -0.2) is 13.6 Å². The lowest BCUT2D eigenvalue weighted by Gasteiger charge is -2.45. The van der Waals surface area contributed by atoms with Crippen LogP contribution in [0.3, 0.4) is 0 Å². The number of piperazine rings is 1. The van der Waals surface area contributed by atoms with Crippen LogP contribution in [0.1, 0.15) is 18.9 Å². The summed E-state index contributed by atoms with van der Waals surface area (Å²) in [6.07, 6.45) is -2.99. The monoisotopic (exact) mass is 562 g/mol. The number of aromatic nitrogens is 2. The number of alkyl halides is 3. The van der Waals surface area contributed by atoms with E-state index in [2.05, 4.69) is 11.6 Å². The highest BCUT2D eigenvalue weighted by Gasteiger charge is 2.41. The standard InChI is InChI=1S/C27H23F5N4O4/c1-3-15-11-34(12-16(13-37)36(15)21(38)4-2)25-18-10-19(27(30,31)32)22(17-6-5-14(28)9-20(17)29)24-23(18)35(7-8-40-24)26(39)33-25/h4-6,9-10,13,15-16H,2-3,7-8,11-12H2,1H3. The van der Waals surface area contributed by atoms with Crippen LogP contribution in [0, 0.1) is 11.6 Å². The predicted molar refractivity (Wildman–Crippen MR) is 135 cm³/mol. The summed E-state index contributed by atoms with van der Waals surface area (Å²) in [6.45, 7) is 4.96. The van der Waals surface area contributed by atoms with Gasteiger partial charge in [0.05, 0.1) is 23.7 Å². The van der Waals surface area contributed by atoms with Gasteiger partial charge < -0.3 is 19.3 Å². The molecule has 0 spiro atoms. The second-order valence-corrected chi connectivity index (χ2v) is 9.48.